The number of hydrogen-bond acceptors (Lipinski definition) is 4. The molecule has 104 valence electrons. The third-order valence-corrected chi connectivity index (χ3v) is 4.62. The van der Waals surface area contributed by atoms with E-state index in [1.54, 1.807) is 6.33 Å². The molecule has 0 aliphatic carbocycles. The van der Waals surface area contributed by atoms with Gasteiger partial charge < -0.3 is 4.90 Å². The highest BCUT2D eigenvalue weighted by Gasteiger charge is 2.29. The SMILES string of the molecule is c1ccc2c(N3CCCN4CCC[C@@H]4C3)ncnc2c1. The zero-order chi connectivity index (χ0) is 13.4. The fourth-order valence-corrected chi connectivity index (χ4v) is 3.64. The van der Waals surface area contributed by atoms with Gasteiger partial charge in [-0.1, -0.05) is 12.1 Å². The first kappa shape index (κ1) is 12.1. The number of aromatic nitrogens is 2. The van der Waals surface area contributed by atoms with Crippen LogP contribution in [0.2, 0.25) is 0 Å². The lowest BCUT2D eigenvalue weighted by Gasteiger charge is -2.27. The fraction of sp³-hybridized carbons (Fsp3) is 0.500. The van der Waals surface area contributed by atoms with Crippen molar-refractivity contribution in [2.45, 2.75) is 25.3 Å². The molecule has 1 aromatic heterocycles. The Hall–Kier alpha value is -1.68. The lowest BCUT2D eigenvalue weighted by atomic mass is 10.2. The molecule has 0 unspecified atom stereocenters. The third-order valence-electron chi connectivity index (χ3n) is 4.62. The zero-order valence-electron chi connectivity index (χ0n) is 11.7. The Balaban J connectivity index is 1.71. The van der Waals surface area contributed by atoms with E-state index in [9.17, 15) is 0 Å². The number of benzene rings is 1. The summed E-state index contributed by atoms with van der Waals surface area (Å²) in [6.07, 6.45) is 5.62. The van der Waals surface area contributed by atoms with Crippen LogP contribution in [-0.2, 0) is 0 Å². The number of nitrogens with zero attached hydrogens (tertiary/aromatic N) is 4. The minimum Gasteiger partial charge on any atom is -0.354 e. The molecule has 1 aromatic carbocycles. The van der Waals surface area contributed by atoms with Crippen molar-refractivity contribution in [1.82, 2.24) is 14.9 Å². The van der Waals surface area contributed by atoms with Gasteiger partial charge >= 0.3 is 0 Å². The summed E-state index contributed by atoms with van der Waals surface area (Å²) in [4.78, 5) is 14.1. The molecule has 4 nitrogen and oxygen atoms in total. The van der Waals surface area contributed by atoms with Crippen molar-refractivity contribution in [1.29, 1.82) is 0 Å². The molecule has 2 saturated heterocycles. The number of fused-ring (bicyclic) bond motifs is 2. The molecule has 0 saturated carbocycles. The Kier molecular flexibility index (Phi) is 3.03. The summed E-state index contributed by atoms with van der Waals surface area (Å²) in [7, 11) is 0. The van der Waals surface area contributed by atoms with Gasteiger partial charge in [-0.3, -0.25) is 4.90 Å². The second-order valence-corrected chi connectivity index (χ2v) is 5.85. The van der Waals surface area contributed by atoms with Crippen molar-refractivity contribution in [2.24, 2.45) is 0 Å². The summed E-state index contributed by atoms with van der Waals surface area (Å²) in [5.41, 5.74) is 1.05. The zero-order valence-corrected chi connectivity index (χ0v) is 11.7. The van der Waals surface area contributed by atoms with Crippen LogP contribution in [-0.4, -0.2) is 47.1 Å². The van der Waals surface area contributed by atoms with Crippen LogP contribution in [0.3, 0.4) is 0 Å². The molecule has 0 radical (unpaired) electrons. The number of para-hydroxylation sites is 1. The normalized spacial score (nSPS) is 23.8. The molecule has 0 spiro atoms. The van der Waals surface area contributed by atoms with Gasteiger partial charge in [-0.05, 0) is 37.9 Å². The van der Waals surface area contributed by atoms with Crippen LogP contribution in [0, 0.1) is 0 Å². The van der Waals surface area contributed by atoms with Gasteiger partial charge in [0.1, 0.15) is 12.1 Å². The smallest absolute Gasteiger partial charge is 0.139 e. The molecule has 0 amide bonds. The Morgan fingerprint density at radius 1 is 1.00 bits per heavy atom. The Morgan fingerprint density at radius 2 is 1.90 bits per heavy atom. The van der Waals surface area contributed by atoms with Gasteiger partial charge in [-0.15, -0.1) is 0 Å². The first-order valence-corrected chi connectivity index (χ1v) is 7.60. The summed E-state index contributed by atoms with van der Waals surface area (Å²) < 4.78 is 0. The van der Waals surface area contributed by atoms with Crippen LogP contribution in [0.25, 0.3) is 10.9 Å². The second kappa shape index (κ2) is 5.02. The topological polar surface area (TPSA) is 32.3 Å². The van der Waals surface area contributed by atoms with Gasteiger partial charge in [0, 0.05) is 31.1 Å². The van der Waals surface area contributed by atoms with Crippen LogP contribution >= 0.6 is 0 Å². The molecular weight excluding hydrogens is 248 g/mol. The summed E-state index contributed by atoms with van der Waals surface area (Å²) in [5.74, 6) is 1.12. The monoisotopic (exact) mass is 268 g/mol. The lowest BCUT2D eigenvalue weighted by Crippen LogP contribution is -2.37. The van der Waals surface area contributed by atoms with E-state index in [-0.39, 0.29) is 0 Å². The molecule has 2 aliphatic rings. The van der Waals surface area contributed by atoms with Crippen LogP contribution in [0.5, 0.6) is 0 Å². The minimum absolute atomic E-state index is 0.714. The summed E-state index contributed by atoms with van der Waals surface area (Å²) in [6.45, 7) is 4.74. The average Bonchev–Trinajstić information content (AvgIpc) is 2.84. The molecule has 3 heterocycles. The largest absolute Gasteiger partial charge is 0.354 e. The fourth-order valence-electron chi connectivity index (χ4n) is 3.64. The van der Waals surface area contributed by atoms with Gasteiger partial charge in [0.25, 0.3) is 0 Å². The van der Waals surface area contributed by atoms with Gasteiger partial charge in [0.05, 0.1) is 5.52 Å². The van der Waals surface area contributed by atoms with Crippen molar-refractivity contribution in [3.05, 3.63) is 30.6 Å². The Labute approximate surface area is 119 Å². The van der Waals surface area contributed by atoms with E-state index in [1.165, 1.54) is 37.7 Å². The van der Waals surface area contributed by atoms with Gasteiger partial charge in [-0.25, -0.2) is 9.97 Å². The molecule has 4 heteroatoms. The molecule has 0 bridgehead atoms. The van der Waals surface area contributed by atoms with Crippen molar-refractivity contribution in [3.8, 4) is 0 Å². The van der Waals surface area contributed by atoms with E-state index in [4.69, 9.17) is 0 Å². The Morgan fingerprint density at radius 3 is 2.90 bits per heavy atom. The van der Waals surface area contributed by atoms with Crippen molar-refractivity contribution >= 4 is 16.7 Å². The summed E-state index contributed by atoms with van der Waals surface area (Å²) >= 11 is 0. The molecule has 2 fully saturated rings. The Bertz CT molecular complexity index is 607. The molecule has 2 aromatic rings. The second-order valence-electron chi connectivity index (χ2n) is 5.85. The van der Waals surface area contributed by atoms with E-state index >= 15 is 0 Å². The predicted molar refractivity (Wildman–Crippen MR) is 81.0 cm³/mol. The number of hydrogen-bond donors (Lipinski definition) is 0. The summed E-state index contributed by atoms with van der Waals surface area (Å²) in [6, 6.07) is 9.04. The molecule has 2 aliphatic heterocycles. The average molecular weight is 268 g/mol. The lowest BCUT2D eigenvalue weighted by molar-refractivity contribution is 0.273. The first-order chi connectivity index (χ1) is 9.92. The maximum atomic E-state index is 4.58. The molecule has 20 heavy (non-hydrogen) atoms. The standard InChI is InChI=1S/C16H20N4/c1-2-7-15-14(6-1)16(18-12-17-15)20-10-4-9-19-8-3-5-13(19)11-20/h1-2,6-7,12-13H,3-5,8-11H2/t13-/m1/s1. The molecule has 4 rings (SSSR count). The van der Waals surface area contributed by atoms with Gasteiger partial charge in [0.15, 0.2) is 0 Å². The predicted octanol–water partition coefficient (Wildman–Crippen LogP) is 2.30. The van der Waals surface area contributed by atoms with E-state index in [0.29, 0.717) is 6.04 Å². The van der Waals surface area contributed by atoms with Crippen molar-refractivity contribution < 1.29 is 0 Å². The highest BCUT2D eigenvalue weighted by atomic mass is 15.3. The van der Waals surface area contributed by atoms with Crippen LogP contribution < -0.4 is 4.90 Å². The molecule has 0 N–H and O–H groups in total. The highest BCUT2D eigenvalue weighted by molar-refractivity contribution is 5.89. The molecular formula is C16H20N4. The van der Waals surface area contributed by atoms with E-state index in [2.05, 4.69) is 38.0 Å². The minimum atomic E-state index is 0.714. The van der Waals surface area contributed by atoms with E-state index in [1.807, 2.05) is 6.07 Å². The maximum absolute atomic E-state index is 4.58. The molecule has 1 atom stereocenters. The summed E-state index contributed by atoms with van der Waals surface area (Å²) in [5, 5.41) is 1.18. The quantitative estimate of drug-likeness (QED) is 0.794. The first-order valence-electron chi connectivity index (χ1n) is 7.60. The van der Waals surface area contributed by atoms with Crippen molar-refractivity contribution in [2.75, 3.05) is 31.1 Å². The van der Waals surface area contributed by atoms with E-state index in [0.717, 1.165) is 24.4 Å². The van der Waals surface area contributed by atoms with E-state index < -0.39 is 0 Å². The van der Waals surface area contributed by atoms with Gasteiger partial charge in [0.2, 0.25) is 0 Å². The van der Waals surface area contributed by atoms with Crippen molar-refractivity contribution in [3.63, 3.8) is 0 Å². The van der Waals surface area contributed by atoms with Crippen LogP contribution in [0.4, 0.5) is 5.82 Å². The highest BCUT2D eigenvalue weighted by Crippen LogP contribution is 2.27. The van der Waals surface area contributed by atoms with Crippen LogP contribution in [0.15, 0.2) is 30.6 Å². The maximum Gasteiger partial charge on any atom is 0.139 e. The number of anilines is 1. The van der Waals surface area contributed by atoms with Gasteiger partial charge in [-0.2, -0.15) is 0 Å². The number of rotatable bonds is 1. The third kappa shape index (κ3) is 2.04. The van der Waals surface area contributed by atoms with Crippen LogP contribution in [0.1, 0.15) is 19.3 Å².